The van der Waals surface area contributed by atoms with Crippen LogP contribution in [0, 0.1) is 0 Å². The maximum Gasteiger partial charge on any atom is 0.0619 e. The van der Waals surface area contributed by atoms with Gasteiger partial charge < -0.3 is 10.1 Å². The second-order valence-electron chi connectivity index (χ2n) is 3.65. The van der Waals surface area contributed by atoms with E-state index < -0.39 is 0 Å². The molecule has 0 aliphatic heterocycles. The van der Waals surface area contributed by atoms with E-state index in [1.807, 2.05) is 24.4 Å². The summed E-state index contributed by atoms with van der Waals surface area (Å²) in [4.78, 5) is 4.40. The third-order valence-electron chi connectivity index (χ3n) is 2.53. The van der Waals surface area contributed by atoms with Gasteiger partial charge in [-0.1, -0.05) is 24.3 Å². The first-order chi connectivity index (χ1) is 7.92. The molecule has 1 heterocycles. The topological polar surface area (TPSA) is 34.1 Å². The van der Waals surface area contributed by atoms with Crippen LogP contribution in [0.5, 0.6) is 0 Å². The number of benzene rings is 1. The molecule has 0 spiro atoms. The van der Waals surface area contributed by atoms with Gasteiger partial charge in [0.15, 0.2) is 0 Å². The number of pyridine rings is 1. The van der Waals surface area contributed by atoms with Crippen molar-refractivity contribution in [3.63, 3.8) is 0 Å². The Hall–Kier alpha value is -1.45. The number of methoxy groups -OCH3 is 1. The largest absolute Gasteiger partial charge is 0.383 e. The smallest absolute Gasteiger partial charge is 0.0619 e. The van der Waals surface area contributed by atoms with Crippen LogP contribution in [-0.2, 0) is 11.3 Å². The van der Waals surface area contributed by atoms with Crippen molar-refractivity contribution in [3.8, 4) is 0 Å². The lowest BCUT2D eigenvalue weighted by molar-refractivity contribution is 0.199. The maximum atomic E-state index is 4.98. The fraction of sp³-hybridized carbons (Fsp3) is 0.308. The van der Waals surface area contributed by atoms with E-state index in [2.05, 4.69) is 22.4 Å². The zero-order valence-corrected chi connectivity index (χ0v) is 9.44. The Morgan fingerprint density at radius 3 is 3.00 bits per heavy atom. The summed E-state index contributed by atoms with van der Waals surface area (Å²) in [6.07, 6.45) is 1.86. The van der Waals surface area contributed by atoms with Crippen molar-refractivity contribution in [2.45, 2.75) is 6.54 Å². The number of hydrogen-bond acceptors (Lipinski definition) is 3. The number of fused-ring (bicyclic) bond motifs is 1. The highest BCUT2D eigenvalue weighted by atomic mass is 16.5. The molecule has 0 saturated carbocycles. The first-order valence-corrected chi connectivity index (χ1v) is 5.44. The highest BCUT2D eigenvalue weighted by Crippen LogP contribution is 2.15. The molecule has 2 rings (SSSR count). The van der Waals surface area contributed by atoms with Crippen molar-refractivity contribution in [2.75, 3.05) is 20.3 Å². The SMILES string of the molecule is COCCNCc1nccc2ccccc12. The van der Waals surface area contributed by atoms with Crippen molar-refractivity contribution in [1.29, 1.82) is 0 Å². The molecule has 3 nitrogen and oxygen atoms in total. The molecule has 0 amide bonds. The highest BCUT2D eigenvalue weighted by molar-refractivity contribution is 5.84. The average molecular weight is 216 g/mol. The second-order valence-corrected chi connectivity index (χ2v) is 3.65. The lowest BCUT2D eigenvalue weighted by Crippen LogP contribution is -2.19. The van der Waals surface area contributed by atoms with E-state index >= 15 is 0 Å². The molecule has 0 bridgehead atoms. The Morgan fingerprint density at radius 1 is 1.25 bits per heavy atom. The van der Waals surface area contributed by atoms with E-state index in [1.54, 1.807) is 7.11 Å². The van der Waals surface area contributed by atoms with Crippen LogP contribution < -0.4 is 5.32 Å². The lowest BCUT2D eigenvalue weighted by atomic mass is 10.1. The molecule has 0 unspecified atom stereocenters. The fourth-order valence-electron chi connectivity index (χ4n) is 1.70. The third-order valence-corrected chi connectivity index (χ3v) is 2.53. The number of rotatable bonds is 5. The minimum absolute atomic E-state index is 0.727. The molecule has 0 atom stereocenters. The van der Waals surface area contributed by atoms with Gasteiger partial charge in [-0.05, 0) is 11.5 Å². The molecule has 3 heteroatoms. The summed E-state index contributed by atoms with van der Waals surface area (Å²) in [6, 6.07) is 10.3. The van der Waals surface area contributed by atoms with E-state index in [9.17, 15) is 0 Å². The Balaban J connectivity index is 2.11. The molecule has 16 heavy (non-hydrogen) atoms. The Bertz CT molecular complexity index is 451. The highest BCUT2D eigenvalue weighted by Gasteiger charge is 2.00. The first kappa shape index (κ1) is 11.0. The fourth-order valence-corrected chi connectivity index (χ4v) is 1.70. The molecule has 2 aromatic rings. The van der Waals surface area contributed by atoms with Crippen LogP contribution in [-0.4, -0.2) is 25.2 Å². The van der Waals surface area contributed by atoms with Crippen molar-refractivity contribution in [3.05, 3.63) is 42.2 Å². The lowest BCUT2D eigenvalue weighted by Gasteiger charge is -2.06. The molecule has 0 aliphatic rings. The van der Waals surface area contributed by atoms with Crippen molar-refractivity contribution in [1.82, 2.24) is 10.3 Å². The number of nitrogens with one attached hydrogen (secondary N) is 1. The van der Waals surface area contributed by atoms with Crippen LogP contribution in [0.4, 0.5) is 0 Å². The van der Waals surface area contributed by atoms with Gasteiger partial charge in [0, 0.05) is 31.8 Å². The summed E-state index contributed by atoms with van der Waals surface area (Å²) >= 11 is 0. The van der Waals surface area contributed by atoms with Gasteiger partial charge in [0.1, 0.15) is 0 Å². The van der Waals surface area contributed by atoms with Crippen molar-refractivity contribution < 1.29 is 4.74 Å². The number of hydrogen-bond donors (Lipinski definition) is 1. The molecule has 84 valence electrons. The summed E-state index contributed by atoms with van der Waals surface area (Å²) in [5, 5.41) is 5.76. The van der Waals surface area contributed by atoms with E-state index in [1.165, 1.54) is 10.8 Å². The van der Waals surface area contributed by atoms with Gasteiger partial charge in [-0.3, -0.25) is 4.98 Å². The minimum atomic E-state index is 0.727. The quantitative estimate of drug-likeness (QED) is 0.776. The Labute approximate surface area is 95.5 Å². The molecular formula is C13H16N2O. The van der Waals surface area contributed by atoms with Gasteiger partial charge in [0.05, 0.1) is 12.3 Å². The molecule has 0 radical (unpaired) electrons. The van der Waals surface area contributed by atoms with Gasteiger partial charge in [-0.2, -0.15) is 0 Å². The molecule has 1 aromatic carbocycles. The Kier molecular flexibility index (Phi) is 3.86. The summed E-state index contributed by atoms with van der Waals surface area (Å²) in [5.74, 6) is 0. The standard InChI is InChI=1S/C13H16N2O/c1-16-9-8-14-10-13-12-5-3-2-4-11(12)6-7-15-13/h2-7,14H,8-10H2,1H3. The van der Waals surface area contributed by atoms with Crippen LogP contribution in [0.2, 0.25) is 0 Å². The first-order valence-electron chi connectivity index (χ1n) is 5.44. The van der Waals surface area contributed by atoms with Crippen LogP contribution in [0.15, 0.2) is 36.5 Å². The number of aromatic nitrogens is 1. The van der Waals surface area contributed by atoms with Crippen LogP contribution in [0.3, 0.4) is 0 Å². The van der Waals surface area contributed by atoms with Crippen LogP contribution in [0.25, 0.3) is 10.8 Å². The zero-order chi connectivity index (χ0) is 11.2. The summed E-state index contributed by atoms with van der Waals surface area (Å²) in [7, 11) is 1.71. The van der Waals surface area contributed by atoms with E-state index in [0.717, 1.165) is 25.4 Å². The minimum Gasteiger partial charge on any atom is -0.383 e. The second kappa shape index (κ2) is 5.58. The van der Waals surface area contributed by atoms with E-state index in [4.69, 9.17) is 4.74 Å². The maximum absolute atomic E-state index is 4.98. The van der Waals surface area contributed by atoms with Gasteiger partial charge in [-0.15, -0.1) is 0 Å². The Morgan fingerprint density at radius 2 is 2.12 bits per heavy atom. The van der Waals surface area contributed by atoms with Gasteiger partial charge in [-0.25, -0.2) is 0 Å². The number of ether oxygens (including phenoxy) is 1. The van der Waals surface area contributed by atoms with Crippen LogP contribution >= 0.6 is 0 Å². The monoisotopic (exact) mass is 216 g/mol. The summed E-state index contributed by atoms with van der Waals surface area (Å²) < 4.78 is 4.98. The zero-order valence-electron chi connectivity index (χ0n) is 9.44. The molecule has 1 N–H and O–H groups in total. The molecule has 0 saturated heterocycles. The predicted octanol–water partition coefficient (Wildman–Crippen LogP) is 1.97. The normalized spacial score (nSPS) is 10.8. The van der Waals surface area contributed by atoms with Crippen molar-refractivity contribution >= 4 is 10.8 Å². The number of nitrogens with zero attached hydrogens (tertiary/aromatic N) is 1. The van der Waals surface area contributed by atoms with Gasteiger partial charge >= 0.3 is 0 Å². The average Bonchev–Trinajstić information content (AvgIpc) is 2.35. The third kappa shape index (κ3) is 2.56. The molecular weight excluding hydrogens is 200 g/mol. The van der Waals surface area contributed by atoms with Crippen molar-refractivity contribution in [2.24, 2.45) is 0 Å². The summed E-state index contributed by atoms with van der Waals surface area (Å²) in [6.45, 7) is 2.36. The van der Waals surface area contributed by atoms with Gasteiger partial charge in [0.25, 0.3) is 0 Å². The predicted molar refractivity (Wildman–Crippen MR) is 65.3 cm³/mol. The van der Waals surface area contributed by atoms with Gasteiger partial charge in [0.2, 0.25) is 0 Å². The molecule has 0 fully saturated rings. The molecule has 0 aliphatic carbocycles. The van der Waals surface area contributed by atoms with E-state index in [0.29, 0.717) is 0 Å². The summed E-state index contributed by atoms with van der Waals surface area (Å²) in [5.41, 5.74) is 1.09. The van der Waals surface area contributed by atoms with Crippen LogP contribution in [0.1, 0.15) is 5.69 Å². The van der Waals surface area contributed by atoms with E-state index in [-0.39, 0.29) is 0 Å². The molecule has 1 aromatic heterocycles.